The lowest BCUT2D eigenvalue weighted by molar-refractivity contribution is 0.0696. The fourth-order valence-electron chi connectivity index (χ4n) is 1.35. The van der Waals surface area contributed by atoms with Gasteiger partial charge in [0.2, 0.25) is 10.0 Å². The van der Waals surface area contributed by atoms with Crippen LogP contribution in [0.1, 0.15) is 17.3 Å². The molecular formula is C11H15NO5S. The predicted molar refractivity (Wildman–Crippen MR) is 65.4 cm³/mol. The van der Waals surface area contributed by atoms with Gasteiger partial charge in [0.25, 0.3) is 0 Å². The first-order valence-electron chi connectivity index (χ1n) is 5.22. The van der Waals surface area contributed by atoms with Gasteiger partial charge in [0, 0.05) is 13.6 Å². The number of carboxylic acid groups (broad SMARTS) is 1. The summed E-state index contributed by atoms with van der Waals surface area (Å²) >= 11 is 0. The third kappa shape index (κ3) is 2.62. The van der Waals surface area contributed by atoms with Gasteiger partial charge in [0.05, 0.1) is 12.7 Å². The molecule has 7 heteroatoms. The van der Waals surface area contributed by atoms with Crippen molar-refractivity contribution in [3.05, 3.63) is 23.8 Å². The number of aromatic carboxylic acids is 1. The van der Waals surface area contributed by atoms with E-state index in [0.29, 0.717) is 0 Å². The normalized spacial score (nSPS) is 11.6. The van der Waals surface area contributed by atoms with Crippen LogP contribution >= 0.6 is 0 Å². The van der Waals surface area contributed by atoms with E-state index in [-0.39, 0.29) is 22.8 Å². The lowest BCUT2D eigenvalue weighted by Crippen LogP contribution is -2.27. The van der Waals surface area contributed by atoms with Crippen LogP contribution in [-0.4, -0.2) is 44.5 Å². The van der Waals surface area contributed by atoms with Crippen molar-refractivity contribution < 1.29 is 23.1 Å². The van der Waals surface area contributed by atoms with Crippen molar-refractivity contribution >= 4 is 16.0 Å². The van der Waals surface area contributed by atoms with E-state index in [1.165, 1.54) is 26.3 Å². The average Bonchev–Trinajstić information content (AvgIpc) is 2.36. The smallest absolute Gasteiger partial charge is 0.335 e. The molecule has 0 aliphatic rings. The number of hydrogen-bond acceptors (Lipinski definition) is 4. The molecule has 0 bridgehead atoms. The summed E-state index contributed by atoms with van der Waals surface area (Å²) in [6, 6.07) is 3.73. The first-order valence-corrected chi connectivity index (χ1v) is 6.66. The van der Waals surface area contributed by atoms with Gasteiger partial charge >= 0.3 is 5.97 Å². The van der Waals surface area contributed by atoms with Crippen LogP contribution in [0.2, 0.25) is 0 Å². The molecule has 0 aromatic heterocycles. The van der Waals surface area contributed by atoms with Crippen molar-refractivity contribution in [1.29, 1.82) is 0 Å². The quantitative estimate of drug-likeness (QED) is 0.866. The molecule has 0 atom stereocenters. The molecule has 1 N–H and O–H groups in total. The summed E-state index contributed by atoms with van der Waals surface area (Å²) in [5.41, 5.74) is -0.0983. The molecule has 0 heterocycles. The van der Waals surface area contributed by atoms with Crippen LogP contribution in [-0.2, 0) is 10.0 Å². The zero-order valence-electron chi connectivity index (χ0n) is 10.4. The van der Waals surface area contributed by atoms with E-state index >= 15 is 0 Å². The number of hydrogen-bond donors (Lipinski definition) is 1. The molecule has 0 spiro atoms. The molecule has 6 nitrogen and oxygen atoms in total. The van der Waals surface area contributed by atoms with Gasteiger partial charge in [-0.25, -0.2) is 17.5 Å². The van der Waals surface area contributed by atoms with Crippen molar-refractivity contribution in [3.8, 4) is 5.75 Å². The monoisotopic (exact) mass is 273 g/mol. The Balaban J connectivity index is 3.46. The number of sulfonamides is 1. The number of rotatable bonds is 5. The SMILES string of the molecule is CCN(C)S(=O)(=O)c1cc(C(=O)O)ccc1OC. The second kappa shape index (κ2) is 5.36. The fourth-order valence-corrected chi connectivity index (χ4v) is 2.71. The average molecular weight is 273 g/mol. The molecule has 0 amide bonds. The maximum absolute atomic E-state index is 12.2. The first-order chi connectivity index (χ1) is 8.34. The summed E-state index contributed by atoms with van der Waals surface area (Å²) in [6.45, 7) is 1.97. The third-order valence-corrected chi connectivity index (χ3v) is 4.50. The summed E-state index contributed by atoms with van der Waals surface area (Å²) in [5, 5.41) is 8.89. The highest BCUT2D eigenvalue weighted by Gasteiger charge is 2.25. The Hall–Kier alpha value is -1.60. The Labute approximate surface area is 106 Å². The molecule has 0 radical (unpaired) electrons. The van der Waals surface area contributed by atoms with Crippen LogP contribution in [0, 0.1) is 0 Å². The number of nitrogens with zero attached hydrogens (tertiary/aromatic N) is 1. The standard InChI is InChI=1S/C11H15NO5S/c1-4-12(2)18(15,16)10-7-8(11(13)14)5-6-9(10)17-3/h5-7H,4H2,1-3H3,(H,13,14). The van der Waals surface area contributed by atoms with Crippen LogP contribution in [0.15, 0.2) is 23.1 Å². The minimum absolute atomic E-state index is 0.0983. The minimum Gasteiger partial charge on any atom is -0.495 e. The predicted octanol–water partition coefficient (Wildman–Crippen LogP) is 1.03. The van der Waals surface area contributed by atoms with Gasteiger partial charge in [-0.15, -0.1) is 0 Å². The summed E-state index contributed by atoms with van der Waals surface area (Å²) in [7, 11) is -0.990. The molecule has 1 aromatic rings. The van der Waals surface area contributed by atoms with Gasteiger partial charge in [-0.2, -0.15) is 0 Å². The van der Waals surface area contributed by atoms with E-state index in [1.54, 1.807) is 6.92 Å². The molecule has 18 heavy (non-hydrogen) atoms. The Kier molecular flexibility index (Phi) is 4.31. The number of methoxy groups -OCH3 is 1. The lowest BCUT2D eigenvalue weighted by Gasteiger charge is -2.17. The van der Waals surface area contributed by atoms with Gasteiger partial charge in [0.15, 0.2) is 0 Å². The highest BCUT2D eigenvalue weighted by Crippen LogP contribution is 2.27. The summed E-state index contributed by atoms with van der Waals surface area (Å²) in [4.78, 5) is 10.7. The van der Waals surface area contributed by atoms with Crippen LogP contribution in [0.25, 0.3) is 0 Å². The molecule has 0 aliphatic carbocycles. The van der Waals surface area contributed by atoms with Gasteiger partial charge in [-0.05, 0) is 18.2 Å². The van der Waals surface area contributed by atoms with E-state index in [4.69, 9.17) is 9.84 Å². The van der Waals surface area contributed by atoms with Gasteiger partial charge in [0.1, 0.15) is 10.6 Å². The highest BCUT2D eigenvalue weighted by atomic mass is 32.2. The van der Waals surface area contributed by atoms with Gasteiger partial charge < -0.3 is 9.84 Å². The highest BCUT2D eigenvalue weighted by molar-refractivity contribution is 7.89. The van der Waals surface area contributed by atoms with E-state index in [9.17, 15) is 13.2 Å². The Morgan fingerprint density at radius 3 is 2.50 bits per heavy atom. The summed E-state index contributed by atoms with van der Waals surface area (Å²) < 4.78 is 30.4. The number of carbonyl (C=O) groups is 1. The van der Waals surface area contributed by atoms with Crippen molar-refractivity contribution in [3.63, 3.8) is 0 Å². The minimum atomic E-state index is -3.74. The second-order valence-electron chi connectivity index (χ2n) is 3.59. The van der Waals surface area contributed by atoms with Crippen LogP contribution in [0.5, 0.6) is 5.75 Å². The number of carboxylic acids is 1. The molecule has 100 valence electrons. The number of ether oxygens (including phenoxy) is 1. The summed E-state index contributed by atoms with van der Waals surface area (Å²) in [6.07, 6.45) is 0. The largest absolute Gasteiger partial charge is 0.495 e. The van der Waals surface area contributed by atoms with E-state index < -0.39 is 16.0 Å². The van der Waals surface area contributed by atoms with Crippen molar-refractivity contribution in [2.24, 2.45) is 0 Å². The van der Waals surface area contributed by atoms with Gasteiger partial charge in [-0.1, -0.05) is 6.92 Å². The molecular weight excluding hydrogens is 258 g/mol. The topological polar surface area (TPSA) is 83.9 Å². The van der Waals surface area contributed by atoms with Crippen molar-refractivity contribution in [2.75, 3.05) is 20.7 Å². The van der Waals surface area contributed by atoms with E-state index in [0.717, 1.165) is 10.4 Å². The van der Waals surface area contributed by atoms with Crippen LogP contribution < -0.4 is 4.74 Å². The van der Waals surface area contributed by atoms with Crippen molar-refractivity contribution in [1.82, 2.24) is 4.31 Å². The molecule has 1 rings (SSSR count). The Bertz CT molecular complexity index is 553. The van der Waals surface area contributed by atoms with Crippen LogP contribution in [0.4, 0.5) is 0 Å². The Morgan fingerprint density at radius 1 is 1.44 bits per heavy atom. The maximum atomic E-state index is 12.2. The fraction of sp³-hybridized carbons (Fsp3) is 0.364. The molecule has 0 saturated carbocycles. The molecule has 0 fully saturated rings. The van der Waals surface area contributed by atoms with E-state index in [2.05, 4.69) is 0 Å². The van der Waals surface area contributed by atoms with Gasteiger partial charge in [-0.3, -0.25) is 0 Å². The first kappa shape index (κ1) is 14.5. The lowest BCUT2D eigenvalue weighted by atomic mass is 10.2. The number of benzene rings is 1. The second-order valence-corrected chi connectivity index (χ2v) is 5.60. The molecule has 0 aliphatic heterocycles. The van der Waals surface area contributed by atoms with Crippen LogP contribution in [0.3, 0.4) is 0 Å². The Morgan fingerprint density at radius 2 is 2.06 bits per heavy atom. The maximum Gasteiger partial charge on any atom is 0.335 e. The van der Waals surface area contributed by atoms with E-state index in [1.807, 2.05) is 0 Å². The molecule has 0 saturated heterocycles. The van der Waals surface area contributed by atoms with Crippen molar-refractivity contribution in [2.45, 2.75) is 11.8 Å². The molecule has 0 unspecified atom stereocenters. The third-order valence-electron chi connectivity index (χ3n) is 2.54. The molecule has 1 aromatic carbocycles. The zero-order chi connectivity index (χ0) is 13.9. The summed E-state index contributed by atoms with van der Waals surface area (Å²) in [5.74, 6) is -1.06. The zero-order valence-corrected chi connectivity index (χ0v) is 11.2.